The monoisotopic (exact) mass is 298 g/mol. The topological polar surface area (TPSA) is 55.6 Å². The Hall–Kier alpha value is -0.820. The van der Waals surface area contributed by atoms with Gasteiger partial charge in [0.05, 0.1) is 6.04 Å². The summed E-state index contributed by atoms with van der Waals surface area (Å²) in [6.45, 7) is 6.50. The number of nitrogens with zero attached hydrogens (tertiary/aromatic N) is 1. The largest absolute Gasteiger partial charge is 0.406 e. The molecule has 0 aliphatic rings. The number of carbonyl (C=O) groups excluding carboxylic acids is 1. The summed E-state index contributed by atoms with van der Waals surface area (Å²) < 4.78 is 42.7. The second kappa shape index (κ2) is 7.83. The first-order chi connectivity index (χ1) is 8.99. The lowest BCUT2D eigenvalue weighted by Gasteiger charge is -2.32. The van der Waals surface area contributed by atoms with Crippen molar-refractivity contribution in [2.75, 3.05) is 26.3 Å². The SMILES string of the molecule is CCOCCCN(CC(F)(F)F)C(=O)[C@H](N)C(C)(C)C. The van der Waals surface area contributed by atoms with Crippen LogP contribution in [0.4, 0.5) is 13.2 Å². The van der Waals surface area contributed by atoms with Crippen LogP contribution in [0.1, 0.15) is 34.1 Å². The van der Waals surface area contributed by atoms with Gasteiger partial charge in [0.25, 0.3) is 0 Å². The zero-order chi connectivity index (χ0) is 16.0. The first-order valence-electron chi connectivity index (χ1n) is 6.68. The number of carbonyl (C=O) groups is 1. The van der Waals surface area contributed by atoms with Crippen molar-refractivity contribution in [3.63, 3.8) is 0 Å². The van der Waals surface area contributed by atoms with E-state index in [1.807, 2.05) is 0 Å². The van der Waals surface area contributed by atoms with Crippen LogP contribution in [0.15, 0.2) is 0 Å². The molecule has 20 heavy (non-hydrogen) atoms. The van der Waals surface area contributed by atoms with Crippen LogP contribution in [0.3, 0.4) is 0 Å². The molecule has 120 valence electrons. The van der Waals surface area contributed by atoms with Crippen molar-refractivity contribution in [2.24, 2.45) is 11.1 Å². The van der Waals surface area contributed by atoms with Gasteiger partial charge in [-0.1, -0.05) is 20.8 Å². The van der Waals surface area contributed by atoms with E-state index in [9.17, 15) is 18.0 Å². The van der Waals surface area contributed by atoms with Gasteiger partial charge in [-0.25, -0.2) is 0 Å². The van der Waals surface area contributed by atoms with E-state index < -0.39 is 30.1 Å². The van der Waals surface area contributed by atoms with Gasteiger partial charge >= 0.3 is 6.18 Å². The molecular formula is C13H25F3N2O2. The molecule has 2 N–H and O–H groups in total. The maximum absolute atomic E-state index is 12.5. The predicted molar refractivity (Wildman–Crippen MR) is 71.2 cm³/mol. The van der Waals surface area contributed by atoms with Crippen LogP contribution in [-0.4, -0.2) is 49.3 Å². The standard InChI is InChI=1S/C13H25F3N2O2/c1-5-20-8-6-7-18(9-13(14,15)16)11(19)10(17)12(2,3)4/h10H,5-9,17H2,1-4H3/t10-/m0/s1. The number of halogens is 3. The van der Waals surface area contributed by atoms with E-state index in [4.69, 9.17) is 10.5 Å². The minimum atomic E-state index is -4.43. The van der Waals surface area contributed by atoms with Crippen LogP contribution in [0.25, 0.3) is 0 Å². The van der Waals surface area contributed by atoms with Crippen molar-refractivity contribution >= 4 is 5.91 Å². The fourth-order valence-electron chi connectivity index (χ4n) is 1.55. The first-order valence-corrected chi connectivity index (χ1v) is 6.68. The van der Waals surface area contributed by atoms with Gasteiger partial charge in [0, 0.05) is 19.8 Å². The lowest BCUT2D eigenvalue weighted by Crippen LogP contribution is -2.52. The van der Waals surface area contributed by atoms with Crippen LogP contribution in [-0.2, 0) is 9.53 Å². The predicted octanol–water partition coefficient (Wildman–Crippen LogP) is 2.18. The van der Waals surface area contributed by atoms with Gasteiger partial charge in [-0.05, 0) is 18.8 Å². The molecular weight excluding hydrogens is 273 g/mol. The maximum atomic E-state index is 12.5. The Morgan fingerprint density at radius 1 is 1.30 bits per heavy atom. The summed E-state index contributed by atoms with van der Waals surface area (Å²) in [6.07, 6.45) is -4.08. The molecule has 0 heterocycles. The van der Waals surface area contributed by atoms with Crippen molar-refractivity contribution < 1.29 is 22.7 Å². The molecule has 0 unspecified atom stereocenters. The second-order valence-corrected chi connectivity index (χ2v) is 5.77. The summed E-state index contributed by atoms with van der Waals surface area (Å²) in [6, 6.07) is -0.961. The number of hydrogen-bond acceptors (Lipinski definition) is 3. The molecule has 0 saturated heterocycles. The number of nitrogens with two attached hydrogens (primary N) is 1. The highest BCUT2D eigenvalue weighted by atomic mass is 19.4. The molecule has 0 rings (SSSR count). The zero-order valence-corrected chi connectivity index (χ0v) is 12.6. The molecule has 0 fully saturated rings. The van der Waals surface area contributed by atoms with Crippen LogP contribution >= 0.6 is 0 Å². The van der Waals surface area contributed by atoms with Gasteiger partial charge in [0.15, 0.2) is 0 Å². The van der Waals surface area contributed by atoms with Crippen LogP contribution < -0.4 is 5.73 Å². The van der Waals surface area contributed by atoms with E-state index in [0.717, 1.165) is 4.90 Å². The summed E-state index contributed by atoms with van der Waals surface area (Å²) in [7, 11) is 0. The van der Waals surface area contributed by atoms with E-state index in [2.05, 4.69) is 0 Å². The Labute approximate surface area is 118 Å². The van der Waals surface area contributed by atoms with Crippen molar-refractivity contribution in [2.45, 2.75) is 46.3 Å². The minimum Gasteiger partial charge on any atom is -0.382 e. The average Bonchev–Trinajstić information content (AvgIpc) is 2.28. The van der Waals surface area contributed by atoms with E-state index >= 15 is 0 Å². The third-order valence-corrected chi connectivity index (χ3v) is 2.80. The van der Waals surface area contributed by atoms with E-state index in [-0.39, 0.29) is 6.54 Å². The third-order valence-electron chi connectivity index (χ3n) is 2.80. The molecule has 0 aromatic heterocycles. The van der Waals surface area contributed by atoms with Gasteiger partial charge in [-0.2, -0.15) is 13.2 Å². The van der Waals surface area contributed by atoms with Crippen molar-refractivity contribution in [1.82, 2.24) is 4.90 Å². The van der Waals surface area contributed by atoms with Crippen LogP contribution in [0.5, 0.6) is 0 Å². The quantitative estimate of drug-likeness (QED) is 0.733. The molecule has 0 bridgehead atoms. The van der Waals surface area contributed by atoms with Crippen molar-refractivity contribution in [3.05, 3.63) is 0 Å². The van der Waals surface area contributed by atoms with Gasteiger partial charge in [-0.15, -0.1) is 0 Å². The van der Waals surface area contributed by atoms with Crippen LogP contribution in [0.2, 0.25) is 0 Å². The number of alkyl halides is 3. The molecule has 0 spiro atoms. The van der Waals surface area contributed by atoms with Crippen LogP contribution in [0, 0.1) is 5.41 Å². The molecule has 1 amide bonds. The highest BCUT2D eigenvalue weighted by Gasteiger charge is 2.37. The summed E-state index contributed by atoms with van der Waals surface area (Å²) in [5.74, 6) is -0.675. The van der Waals surface area contributed by atoms with Gasteiger partial charge < -0.3 is 15.4 Å². The van der Waals surface area contributed by atoms with E-state index in [0.29, 0.717) is 19.6 Å². The Kier molecular flexibility index (Phi) is 7.51. The van der Waals surface area contributed by atoms with E-state index in [1.165, 1.54) is 0 Å². The summed E-state index contributed by atoms with van der Waals surface area (Å²) >= 11 is 0. The second-order valence-electron chi connectivity index (χ2n) is 5.77. The maximum Gasteiger partial charge on any atom is 0.406 e. The highest BCUT2D eigenvalue weighted by molar-refractivity contribution is 5.82. The average molecular weight is 298 g/mol. The molecule has 0 radical (unpaired) electrons. The van der Waals surface area contributed by atoms with Gasteiger partial charge in [0.2, 0.25) is 5.91 Å². The summed E-state index contributed by atoms with van der Waals surface area (Å²) in [5.41, 5.74) is 5.17. The molecule has 0 aliphatic carbocycles. The van der Waals surface area contributed by atoms with Crippen molar-refractivity contribution in [1.29, 1.82) is 0 Å². The van der Waals surface area contributed by atoms with Crippen molar-refractivity contribution in [3.8, 4) is 0 Å². The summed E-state index contributed by atoms with van der Waals surface area (Å²) in [4.78, 5) is 12.9. The van der Waals surface area contributed by atoms with E-state index in [1.54, 1.807) is 27.7 Å². The molecule has 0 aromatic rings. The molecule has 0 aliphatic heterocycles. The fraction of sp³-hybridized carbons (Fsp3) is 0.923. The third kappa shape index (κ3) is 7.69. The smallest absolute Gasteiger partial charge is 0.382 e. The van der Waals surface area contributed by atoms with Gasteiger partial charge in [0.1, 0.15) is 6.54 Å². The Bertz CT molecular complexity index is 301. The Morgan fingerprint density at radius 3 is 2.25 bits per heavy atom. The molecule has 7 heteroatoms. The summed E-state index contributed by atoms with van der Waals surface area (Å²) in [5, 5.41) is 0. The normalized spacial score (nSPS) is 14.2. The zero-order valence-electron chi connectivity index (χ0n) is 12.6. The number of hydrogen-bond donors (Lipinski definition) is 1. The fourth-order valence-corrected chi connectivity index (χ4v) is 1.55. The molecule has 1 atom stereocenters. The molecule has 0 aromatic carbocycles. The number of ether oxygens (including phenoxy) is 1. The number of amides is 1. The lowest BCUT2D eigenvalue weighted by molar-refractivity contribution is -0.163. The molecule has 4 nitrogen and oxygen atoms in total. The first kappa shape index (κ1) is 19.2. The highest BCUT2D eigenvalue weighted by Crippen LogP contribution is 2.22. The molecule has 0 saturated carbocycles. The Morgan fingerprint density at radius 2 is 1.85 bits per heavy atom. The lowest BCUT2D eigenvalue weighted by atomic mass is 9.86. The number of rotatable bonds is 7. The Balaban J connectivity index is 4.70. The minimum absolute atomic E-state index is 0.0118. The van der Waals surface area contributed by atoms with Gasteiger partial charge in [-0.3, -0.25) is 4.79 Å².